The highest BCUT2D eigenvalue weighted by molar-refractivity contribution is 9.10. The van der Waals surface area contributed by atoms with Gasteiger partial charge in [-0.15, -0.1) is 11.3 Å². The van der Waals surface area contributed by atoms with Crippen molar-refractivity contribution in [3.63, 3.8) is 0 Å². The van der Waals surface area contributed by atoms with Crippen molar-refractivity contribution in [3.05, 3.63) is 38.8 Å². The van der Waals surface area contributed by atoms with Gasteiger partial charge in [-0.05, 0) is 28.1 Å². The molecule has 0 aliphatic rings. The molecule has 0 fully saturated rings. The van der Waals surface area contributed by atoms with Gasteiger partial charge < -0.3 is 15.2 Å². The average molecular weight is 329 g/mol. The number of aliphatic hydroxyl groups is 1. The third kappa shape index (κ3) is 3.01. The molecule has 0 spiro atoms. The van der Waals surface area contributed by atoms with Crippen LogP contribution in [0.5, 0.6) is 5.75 Å². The predicted octanol–water partition coefficient (Wildman–Crippen LogP) is 3.02. The van der Waals surface area contributed by atoms with Crippen LogP contribution >= 0.6 is 27.3 Å². The number of hydrogen-bond acceptors (Lipinski definition) is 5. The molecule has 1 aromatic heterocycles. The Morgan fingerprint density at radius 2 is 2.33 bits per heavy atom. The van der Waals surface area contributed by atoms with Gasteiger partial charge in [-0.3, -0.25) is 0 Å². The zero-order valence-corrected chi connectivity index (χ0v) is 12.2. The Morgan fingerprint density at radius 3 is 3.00 bits per heavy atom. The van der Waals surface area contributed by atoms with Crippen LogP contribution in [0.2, 0.25) is 0 Å². The molecule has 2 aromatic rings. The number of rotatable bonds is 5. The van der Waals surface area contributed by atoms with Gasteiger partial charge in [-0.2, -0.15) is 0 Å². The first-order valence-corrected chi connectivity index (χ1v) is 7.02. The molecule has 0 amide bonds. The normalized spacial score (nSPS) is 10.4. The van der Waals surface area contributed by atoms with Crippen molar-refractivity contribution < 1.29 is 9.84 Å². The average Bonchev–Trinajstić information content (AvgIpc) is 2.85. The summed E-state index contributed by atoms with van der Waals surface area (Å²) in [6.45, 7) is 0.607. The van der Waals surface area contributed by atoms with Crippen LogP contribution in [0, 0.1) is 0 Å². The minimum absolute atomic E-state index is 0.0145. The predicted molar refractivity (Wildman–Crippen MR) is 76.1 cm³/mol. The third-order valence-corrected chi connectivity index (χ3v) is 4.09. The molecular weight excluding hydrogens is 316 g/mol. The van der Waals surface area contributed by atoms with Crippen molar-refractivity contribution in [3.8, 4) is 5.75 Å². The summed E-state index contributed by atoms with van der Waals surface area (Å²) in [5.74, 6) is 0.787. The molecule has 6 heteroatoms. The zero-order chi connectivity index (χ0) is 13.0. The highest BCUT2D eigenvalue weighted by atomic mass is 79.9. The van der Waals surface area contributed by atoms with E-state index < -0.39 is 0 Å². The van der Waals surface area contributed by atoms with Crippen LogP contribution in [-0.2, 0) is 13.2 Å². The number of aliphatic hydroxyl groups excluding tert-OH is 1. The van der Waals surface area contributed by atoms with Crippen molar-refractivity contribution in [2.75, 3.05) is 12.4 Å². The second kappa shape index (κ2) is 6.17. The summed E-state index contributed by atoms with van der Waals surface area (Å²) in [7, 11) is 1.64. The van der Waals surface area contributed by atoms with Gasteiger partial charge >= 0.3 is 0 Å². The highest BCUT2D eigenvalue weighted by Gasteiger charge is 2.06. The van der Waals surface area contributed by atoms with E-state index in [2.05, 4.69) is 26.2 Å². The van der Waals surface area contributed by atoms with Crippen molar-refractivity contribution in [1.29, 1.82) is 0 Å². The molecular formula is C12H13BrN2O2S. The first-order valence-electron chi connectivity index (χ1n) is 5.35. The van der Waals surface area contributed by atoms with Crippen molar-refractivity contribution in [2.24, 2.45) is 0 Å². The molecule has 0 unspecified atom stereocenters. The molecule has 18 heavy (non-hydrogen) atoms. The van der Waals surface area contributed by atoms with Gasteiger partial charge in [0.05, 0.1) is 36.1 Å². The van der Waals surface area contributed by atoms with Gasteiger partial charge in [0.25, 0.3) is 0 Å². The van der Waals surface area contributed by atoms with Crippen LogP contribution in [0.25, 0.3) is 0 Å². The Bertz CT molecular complexity index is 531. The van der Waals surface area contributed by atoms with Crippen LogP contribution in [0.4, 0.5) is 5.69 Å². The molecule has 2 rings (SSSR count). The summed E-state index contributed by atoms with van der Waals surface area (Å²) in [6, 6.07) is 5.78. The SMILES string of the molecule is COc1cccc(NCc2nc(CO)cs2)c1Br. The van der Waals surface area contributed by atoms with E-state index in [1.807, 2.05) is 23.6 Å². The summed E-state index contributed by atoms with van der Waals surface area (Å²) >= 11 is 5.02. The van der Waals surface area contributed by atoms with E-state index in [1.54, 1.807) is 7.11 Å². The number of benzene rings is 1. The number of halogens is 1. The van der Waals surface area contributed by atoms with Crippen LogP contribution < -0.4 is 10.1 Å². The lowest BCUT2D eigenvalue weighted by atomic mass is 10.3. The Kier molecular flexibility index (Phi) is 4.57. The molecule has 2 N–H and O–H groups in total. The second-order valence-corrected chi connectivity index (χ2v) is 5.30. The van der Waals surface area contributed by atoms with Gasteiger partial charge in [0.2, 0.25) is 0 Å². The maximum atomic E-state index is 8.95. The Labute approximate surface area is 118 Å². The van der Waals surface area contributed by atoms with Crippen LogP contribution in [0.15, 0.2) is 28.1 Å². The largest absolute Gasteiger partial charge is 0.495 e. The van der Waals surface area contributed by atoms with Crippen molar-refractivity contribution in [2.45, 2.75) is 13.2 Å². The molecule has 0 aliphatic carbocycles. The summed E-state index contributed by atoms with van der Waals surface area (Å²) in [6.07, 6.45) is 0. The van der Waals surface area contributed by atoms with Gasteiger partial charge in [0, 0.05) is 5.38 Å². The molecule has 0 aliphatic heterocycles. The van der Waals surface area contributed by atoms with E-state index in [0.717, 1.165) is 20.9 Å². The molecule has 0 saturated carbocycles. The number of aromatic nitrogens is 1. The van der Waals surface area contributed by atoms with E-state index >= 15 is 0 Å². The van der Waals surface area contributed by atoms with Crippen LogP contribution in [-0.4, -0.2) is 17.2 Å². The topological polar surface area (TPSA) is 54.4 Å². The highest BCUT2D eigenvalue weighted by Crippen LogP contribution is 2.32. The second-order valence-electron chi connectivity index (χ2n) is 3.57. The van der Waals surface area contributed by atoms with E-state index in [1.165, 1.54) is 11.3 Å². The summed E-state index contributed by atoms with van der Waals surface area (Å²) in [5.41, 5.74) is 1.66. The van der Waals surface area contributed by atoms with E-state index in [0.29, 0.717) is 12.2 Å². The van der Waals surface area contributed by atoms with Crippen LogP contribution in [0.3, 0.4) is 0 Å². The van der Waals surface area contributed by atoms with Gasteiger partial charge in [0.15, 0.2) is 0 Å². The smallest absolute Gasteiger partial charge is 0.135 e. The number of anilines is 1. The quantitative estimate of drug-likeness (QED) is 0.885. The molecule has 96 valence electrons. The number of thiazole rings is 1. The lowest BCUT2D eigenvalue weighted by Gasteiger charge is -2.10. The molecule has 0 atom stereocenters. The third-order valence-electron chi connectivity index (χ3n) is 2.37. The lowest BCUT2D eigenvalue weighted by molar-refractivity contribution is 0.277. The fraction of sp³-hybridized carbons (Fsp3) is 0.250. The maximum absolute atomic E-state index is 8.95. The van der Waals surface area contributed by atoms with Crippen molar-refractivity contribution in [1.82, 2.24) is 4.98 Å². The Hall–Kier alpha value is -1.11. The summed E-state index contributed by atoms with van der Waals surface area (Å²) < 4.78 is 6.12. The van der Waals surface area contributed by atoms with Crippen molar-refractivity contribution >= 4 is 33.0 Å². The Morgan fingerprint density at radius 1 is 1.50 bits per heavy atom. The first kappa shape index (κ1) is 13.3. The van der Waals surface area contributed by atoms with E-state index in [4.69, 9.17) is 9.84 Å². The first-order chi connectivity index (χ1) is 8.74. The molecule has 0 saturated heterocycles. The fourth-order valence-corrected chi connectivity index (χ4v) is 2.77. The van der Waals surface area contributed by atoms with E-state index in [-0.39, 0.29) is 6.61 Å². The Balaban J connectivity index is 2.06. The molecule has 1 heterocycles. The van der Waals surface area contributed by atoms with Gasteiger partial charge in [0.1, 0.15) is 10.8 Å². The number of ether oxygens (including phenoxy) is 1. The minimum atomic E-state index is -0.0145. The van der Waals surface area contributed by atoms with Gasteiger partial charge in [-0.25, -0.2) is 4.98 Å². The summed E-state index contributed by atoms with van der Waals surface area (Å²) in [4.78, 5) is 4.28. The molecule has 0 radical (unpaired) electrons. The molecule has 1 aromatic carbocycles. The number of nitrogens with one attached hydrogen (secondary N) is 1. The molecule has 4 nitrogen and oxygen atoms in total. The molecule has 0 bridgehead atoms. The number of methoxy groups -OCH3 is 1. The number of hydrogen-bond donors (Lipinski definition) is 2. The maximum Gasteiger partial charge on any atom is 0.135 e. The number of nitrogens with zero attached hydrogens (tertiary/aromatic N) is 1. The zero-order valence-electron chi connectivity index (χ0n) is 9.81. The standard InChI is InChI=1S/C12H13BrN2O2S/c1-17-10-4-2-3-9(12(10)13)14-5-11-15-8(6-16)7-18-11/h2-4,7,14,16H,5-6H2,1H3. The summed E-state index contributed by atoms with van der Waals surface area (Å²) in [5, 5.41) is 15.0. The fourth-order valence-electron chi connectivity index (χ4n) is 1.48. The van der Waals surface area contributed by atoms with Gasteiger partial charge in [-0.1, -0.05) is 6.07 Å². The lowest BCUT2D eigenvalue weighted by Crippen LogP contribution is -2.00. The van der Waals surface area contributed by atoms with E-state index in [9.17, 15) is 0 Å². The monoisotopic (exact) mass is 328 g/mol. The van der Waals surface area contributed by atoms with Crippen LogP contribution in [0.1, 0.15) is 10.7 Å². The minimum Gasteiger partial charge on any atom is -0.495 e.